The molecule has 0 bridgehead atoms. The number of fused-ring (bicyclic) bond motifs is 1. The number of likely N-dealkylation sites (tertiary alicyclic amines) is 1. The fourth-order valence-electron chi connectivity index (χ4n) is 7.08. The molecule has 8 nitrogen and oxygen atoms in total. The summed E-state index contributed by atoms with van der Waals surface area (Å²) in [5, 5.41) is 4.74. The third-order valence-electron chi connectivity index (χ3n) is 9.66. The van der Waals surface area contributed by atoms with Gasteiger partial charge in [-0.05, 0) is 75.0 Å². The van der Waals surface area contributed by atoms with Gasteiger partial charge in [0, 0.05) is 69.1 Å². The molecular formula is C30H39N5O3. The van der Waals surface area contributed by atoms with Crippen LogP contribution in [0.4, 0.5) is 5.69 Å². The van der Waals surface area contributed by atoms with Crippen LogP contribution in [0.2, 0.25) is 0 Å². The van der Waals surface area contributed by atoms with Crippen molar-refractivity contribution in [2.45, 2.75) is 71.8 Å². The van der Waals surface area contributed by atoms with Crippen molar-refractivity contribution in [3.8, 4) is 0 Å². The second-order valence-electron chi connectivity index (χ2n) is 11.9. The number of Topliss-reactive ketones (excluding diaryl/α,β-unsaturated/α-hetero) is 1. The lowest BCUT2D eigenvalue weighted by atomic mass is 9.77. The summed E-state index contributed by atoms with van der Waals surface area (Å²) in [5.74, 6) is 0.445. The Morgan fingerprint density at radius 3 is 2.39 bits per heavy atom. The molecule has 4 aliphatic rings. The maximum atomic E-state index is 13.5. The summed E-state index contributed by atoms with van der Waals surface area (Å²) < 4.78 is 1.82. The number of aryl methyl sites for hydroxylation is 1. The second kappa shape index (κ2) is 9.86. The summed E-state index contributed by atoms with van der Waals surface area (Å²) in [7, 11) is 0. The lowest BCUT2D eigenvalue weighted by molar-refractivity contribution is -0.132. The fourth-order valence-corrected chi connectivity index (χ4v) is 7.08. The number of hydrogen-bond donors (Lipinski definition) is 0. The van der Waals surface area contributed by atoms with Crippen molar-refractivity contribution in [3.05, 3.63) is 46.3 Å². The van der Waals surface area contributed by atoms with E-state index in [4.69, 9.17) is 5.10 Å². The fraction of sp³-hybridized carbons (Fsp3) is 0.600. The van der Waals surface area contributed by atoms with E-state index in [1.54, 1.807) is 0 Å². The molecular weight excluding hydrogens is 478 g/mol. The largest absolute Gasteiger partial charge is 0.368 e. The van der Waals surface area contributed by atoms with Gasteiger partial charge < -0.3 is 14.7 Å². The first-order valence-electron chi connectivity index (χ1n) is 14.3. The number of amides is 2. The quantitative estimate of drug-likeness (QED) is 0.622. The van der Waals surface area contributed by atoms with E-state index < -0.39 is 0 Å². The number of nitrogens with zero attached hydrogens (tertiary/aromatic N) is 5. The highest BCUT2D eigenvalue weighted by molar-refractivity contribution is 5.94. The van der Waals surface area contributed by atoms with Gasteiger partial charge in [-0.25, -0.2) is 0 Å². The number of carbonyl (C=O) groups excluding carboxylic acids is 3. The molecule has 2 aliphatic heterocycles. The SMILES string of the molecule is Cc1cccc(N2CCN(C(=O)Cn3nc(C(=O)N4CCC5(CCC(=O)C5)CC4)c4c3CCC4)CC2)c1C. The van der Waals surface area contributed by atoms with Gasteiger partial charge in [-0.15, -0.1) is 0 Å². The number of ketones is 1. The van der Waals surface area contributed by atoms with Crippen LogP contribution in [0.5, 0.6) is 0 Å². The number of piperazine rings is 1. The molecule has 2 aliphatic carbocycles. The topological polar surface area (TPSA) is 78.8 Å². The van der Waals surface area contributed by atoms with Gasteiger partial charge in [-0.3, -0.25) is 19.1 Å². The summed E-state index contributed by atoms with van der Waals surface area (Å²) in [6, 6.07) is 6.41. The van der Waals surface area contributed by atoms with Gasteiger partial charge in [0.1, 0.15) is 12.3 Å². The monoisotopic (exact) mass is 517 g/mol. The summed E-state index contributed by atoms with van der Waals surface area (Å²) in [4.78, 5) is 44.9. The first-order valence-corrected chi connectivity index (χ1v) is 14.3. The zero-order valence-corrected chi connectivity index (χ0v) is 22.8. The number of aromatic nitrogens is 2. The molecule has 1 aromatic carbocycles. The minimum Gasteiger partial charge on any atom is -0.368 e. The van der Waals surface area contributed by atoms with Crippen molar-refractivity contribution in [1.29, 1.82) is 0 Å². The standard InChI is InChI=1S/C30H39N5O3/c1-21-5-3-7-25(22(21)2)32-15-17-33(18-16-32)27(37)20-35-26-8-4-6-24(26)28(31-35)29(38)34-13-11-30(12-14-34)10-9-23(36)19-30/h3,5,7H,4,6,8-20H2,1-2H3. The van der Waals surface area contributed by atoms with Crippen molar-refractivity contribution in [3.63, 3.8) is 0 Å². The van der Waals surface area contributed by atoms with Gasteiger partial charge >= 0.3 is 0 Å². The van der Waals surface area contributed by atoms with Crippen molar-refractivity contribution in [2.24, 2.45) is 5.41 Å². The Bertz CT molecular complexity index is 1260. The molecule has 1 aromatic heterocycles. The predicted molar refractivity (Wildman–Crippen MR) is 145 cm³/mol. The van der Waals surface area contributed by atoms with Crippen molar-refractivity contribution < 1.29 is 14.4 Å². The molecule has 3 heterocycles. The van der Waals surface area contributed by atoms with Crippen LogP contribution >= 0.6 is 0 Å². The summed E-state index contributed by atoms with van der Waals surface area (Å²) in [6.45, 7) is 8.91. The summed E-state index contributed by atoms with van der Waals surface area (Å²) >= 11 is 0. The Morgan fingerprint density at radius 1 is 0.921 bits per heavy atom. The normalized spacial score (nSPS) is 20.9. The Kier molecular flexibility index (Phi) is 6.52. The van der Waals surface area contributed by atoms with E-state index in [1.165, 1.54) is 16.8 Å². The maximum Gasteiger partial charge on any atom is 0.274 e. The van der Waals surface area contributed by atoms with Crippen LogP contribution in [0.25, 0.3) is 0 Å². The van der Waals surface area contributed by atoms with E-state index in [0.29, 0.717) is 50.5 Å². The summed E-state index contributed by atoms with van der Waals surface area (Å²) in [6.07, 6.45) is 6.88. The van der Waals surface area contributed by atoms with E-state index >= 15 is 0 Å². The van der Waals surface area contributed by atoms with Crippen LogP contribution in [-0.2, 0) is 29.0 Å². The Balaban J connectivity index is 1.10. The Morgan fingerprint density at radius 2 is 1.68 bits per heavy atom. The molecule has 202 valence electrons. The van der Waals surface area contributed by atoms with E-state index in [9.17, 15) is 14.4 Å². The molecule has 2 amide bonds. The number of benzene rings is 1. The highest BCUT2D eigenvalue weighted by Crippen LogP contribution is 2.45. The lowest BCUT2D eigenvalue weighted by Crippen LogP contribution is -2.50. The first-order chi connectivity index (χ1) is 18.3. The minimum atomic E-state index is -0.00402. The van der Waals surface area contributed by atoms with Crippen LogP contribution in [0.3, 0.4) is 0 Å². The molecule has 0 N–H and O–H groups in total. The highest BCUT2D eigenvalue weighted by Gasteiger charge is 2.42. The van der Waals surface area contributed by atoms with Crippen molar-refractivity contribution >= 4 is 23.3 Å². The van der Waals surface area contributed by atoms with Crippen LogP contribution in [0.1, 0.15) is 71.4 Å². The van der Waals surface area contributed by atoms with E-state index in [1.807, 2.05) is 14.5 Å². The zero-order chi connectivity index (χ0) is 26.4. The third-order valence-corrected chi connectivity index (χ3v) is 9.66. The average molecular weight is 518 g/mol. The van der Waals surface area contributed by atoms with Crippen molar-refractivity contribution in [1.82, 2.24) is 19.6 Å². The molecule has 2 aromatic rings. The van der Waals surface area contributed by atoms with Gasteiger partial charge in [-0.2, -0.15) is 5.10 Å². The van der Waals surface area contributed by atoms with Crippen LogP contribution in [-0.4, -0.2) is 76.4 Å². The smallest absolute Gasteiger partial charge is 0.274 e. The second-order valence-corrected chi connectivity index (χ2v) is 11.9. The number of hydrogen-bond acceptors (Lipinski definition) is 5. The summed E-state index contributed by atoms with van der Waals surface area (Å²) in [5.41, 5.74) is 6.61. The number of anilines is 1. The van der Waals surface area contributed by atoms with E-state index in [2.05, 4.69) is 36.9 Å². The van der Waals surface area contributed by atoms with E-state index in [-0.39, 0.29) is 23.8 Å². The van der Waals surface area contributed by atoms with Gasteiger partial charge in [0.15, 0.2) is 5.69 Å². The Labute approximate surface area is 225 Å². The molecule has 8 heteroatoms. The van der Waals surface area contributed by atoms with Crippen LogP contribution in [0.15, 0.2) is 18.2 Å². The average Bonchev–Trinajstić information content (AvgIpc) is 3.63. The van der Waals surface area contributed by atoms with Crippen LogP contribution < -0.4 is 4.90 Å². The molecule has 0 radical (unpaired) electrons. The van der Waals surface area contributed by atoms with Gasteiger partial charge in [-0.1, -0.05) is 12.1 Å². The van der Waals surface area contributed by atoms with Gasteiger partial charge in [0.25, 0.3) is 5.91 Å². The zero-order valence-electron chi connectivity index (χ0n) is 22.8. The molecule has 3 fully saturated rings. The first kappa shape index (κ1) is 25.1. The van der Waals surface area contributed by atoms with Gasteiger partial charge in [0.05, 0.1) is 0 Å². The third kappa shape index (κ3) is 4.52. The van der Waals surface area contributed by atoms with Crippen molar-refractivity contribution in [2.75, 3.05) is 44.2 Å². The number of carbonyl (C=O) groups is 3. The molecule has 1 saturated carbocycles. The molecule has 2 saturated heterocycles. The number of rotatable bonds is 4. The van der Waals surface area contributed by atoms with Gasteiger partial charge in [0.2, 0.25) is 5.91 Å². The highest BCUT2D eigenvalue weighted by atomic mass is 16.2. The molecule has 0 atom stereocenters. The molecule has 6 rings (SSSR count). The molecule has 0 unspecified atom stereocenters. The predicted octanol–water partition coefficient (Wildman–Crippen LogP) is 3.31. The lowest BCUT2D eigenvalue weighted by Gasteiger charge is -2.38. The molecule has 38 heavy (non-hydrogen) atoms. The minimum absolute atomic E-state index is 0.00402. The molecule has 1 spiro atoms. The van der Waals surface area contributed by atoms with Crippen LogP contribution in [0, 0.1) is 19.3 Å². The maximum absolute atomic E-state index is 13.5. The number of piperidine rings is 1. The Hall–Kier alpha value is -3.16. The van der Waals surface area contributed by atoms with E-state index in [0.717, 1.165) is 62.9 Å².